The molecule has 59 heavy (non-hydrogen) atoms. The van der Waals surface area contributed by atoms with Gasteiger partial charge in [-0.25, -0.2) is 4.79 Å². The smallest absolute Gasteiger partial charge is 0.326 e. The van der Waals surface area contributed by atoms with Gasteiger partial charge >= 0.3 is 5.97 Å². The van der Waals surface area contributed by atoms with Gasteiger partial charge in [0.15, 0.2) is 23.4 Å². The lowest BCUT2D eigenvalue weighted by molar-refractivity contribution is -0.142. The average Bonchev–Trinajstić information content (AvgIpc) is 3.81. The van der Waals surface area contributed by atoms with E-state index in [9.17, 15) is 19.5 Å². The number of carboxylic acid groups (broad SMARTS) is 1. The monoisotopic (exact) mass is 827 g/mol. The van der Waals surface area contributed by atoms with E-state index in [0.29, 0.717) is 45.0 Å². The summed E-state index contributed by atoms with van der Waals surface area (Å²) in [5, 5.41) is 22.9. The summed E-state index contributed by atoms with van der Waals surface area (Å²) in [5.74, 6) is -0.643. The van der Waals surface area contributed by atoms with Crippen LogP contribution in [0, 0.1) is 11.3 Å². The summed E-state index contributed by atoms with van der Waals surface area (Å²) in [5.41, 5.74) is 6.32. The van der Waals surface area contributed by atoms with Crippen molar-refractivity contribution in [2.24, 2.45) is 0 Å². The molecule has 2 aliphatic rings. The van der Waals surface area contributed by atoms with Crippen LogP contribution in [0.15, 0.2) is 126 Å². The van der Waals surface area contributed by atoms with Crippen LogP contribution in [0.5, 0.6) is 17.2 Å². The molecule has 0 spiro atoms. The molecular formula is C46H35Cl2N3O8. The number of carboxylic acids is 1. The van der Waals surface area contributed by atoms with Crippen LogP contribution in [-0.4, -0.2) is 46.5 Å². The molecule has 13 heteroatoms. The van der Waals surface area contributed by atoms with Crippen LogP contribution in [0.3, 0.4) is 0 Å². The molecule has 11 nitrogen and oxygen atoms in total. The van der Waals surface area contributed by atoms with Gasteiger partial charge in [0, 0.05) is 19.4 Å². The van der Waals surface area contributed by atoms with Gasteiger partial charge in [0.05, 0.1) is 27.9 Å². The lowest BCUT2D eigenvalue weighted by Crippen LogP contribution is -2.55. The first-order chi connectivity index (χ1) is 28.6. The Kier molecular flexibility index (Phi) is 11.3. The van der Waals surface area contributed by atoms with Crippen LogP contribution in [0.1, 0.15) is 50.0 Å². The fraction of sp³-hybridized carbons (Fsp3) is 0.174. The summed E-state index contributed by atoms with van der Waals surface area (Å²) >= 11 is 12.2. The number of hydrogen-bond donors (Lipinski definition) is 2. The highest BCUT2D eigenvalue weighted by molar-refractivity contribution is 6.42. The normalized spacial score (nSPS) is 16.0. The van der Waals surface area contributed by atoms with Crippen molar-refractivity contribution in [3.8, 4) is 34.4 Å². The van der Waals surface area contributed by atoms with Crippen LogP contribution < -0.4 is 19.5 Å². The largest absolute Gasteiger partial charge is 0.489 e. The van der Waals surface area contributed by atoms with Gasteiger partial charge in [0.25, 0.3) is 5.91 Å². The molecular weight excluding hydrogens is 793 g/mol. The zero-order valence-electron chi connectivity index (χ0n) is 31.3. The first-order valence-electron chi connectivity index (χ1n) is 18.7. The number of nitriles is 1. The van der Waals surface area contributed by atoms with Crippen molar-refractivity contribution >= 4 is 41.0 Å². The second-order valence-electron chi connectivity index (χ2n) is 14.2. The molecule has 3 unspecified atom stereocenters. The fourth-order valence-electron chi connectivity index (χ4n) is 7.15. The Bertz CT molecular complexity index is 2550. The third-order valence-electron chi connectivity index (χ3n) is 10.3. The SMILES string of the molecule is N#Cc1ccc(-c2ccc(CC(NC(=O)C3Cc4cc5c(cc4CN3C(=O)c3ccco3)OC(c3ccc(OCc4ccc(Cl)c(Cl)c4)cc3)CO5)C(=O)O)cc2)cc1. The van der Waals surface area contributed by atoms with Crippen molar-refractivity contribution in [1.82, 2.24) is 10.2 Å². The van der Waals surface area contributed by atoms with Gasteiger partial charge in [-0.05, 0) is 99.6 Å². The van der Waals surface area contributed by atoms with E-state index in [1.807, 2.05) is 66.7 Å². The van der Waals surface area contributed by atoms with E-state index in [1.54, 1.807) is 42.5 Å². The maximum atomic E-state index is 14.0. The summed E-state index contributed by atoms with van der Waals surface area (Å²) in [6.07, 6.45) is 1.07. The van der Waals surface area contributed by atoms with Crippen LogP contribution in [0.2, 0.25) is 10.0 Å². The number of furan rings is 1. The van der Waals surface area contributed by atoms with E-state index in [-0.39, 0.29) is 31.8 Å². The Morgan fingerprint density at radius 1 is 0.864 bits per heavy atom. The fourth-order valence-corrected chi connectivity index (χ4v) is 7.47. The number of ether oxygens (including phenoxy) is 3. The third kappa shape index (κ3) is 8.75. The van der Waals surface area contributed by atoms with E-state index >= 15 is 0 Å². The molecule has 3 atom stereocenters. The topological polar surface area (TPSA) is 151 Å². The number of hydrogen-bond acceptors (Lipinski definition) is 8. The van der Waals surface area contributed by atoms with Gasteiger partial charge in [-0.1, -0.05) is 77.8 Å². The standard InChI is InChI=1S/C46H35Cl2N3O8/c47-36-16-7-29(18-37(36)48)25-57-35-14-12-32(13-15-35)43-26-58-41-21-33-20-39(51(24-34(33)22-42(41)59-43)45(53)40-2-1-17-56-40)44(52)50-38(46(54)55)19-27-3-8-30(9-4-27)31-10-5-28(23-49)6-11-31/h1-18,21-22,38-39,43H,19-20,24-26H2,(H,50,52)(H,54,55). The van der Waals surface area contributed by atoms with E-state index in [4.69, 9.17) is 47.1 Å². The Hall–Kier alpha value is -6.74. The van der Waals surface area contributed by atoms with E-state index < -0.39 is 36.0 Å². The molecule has 2 N–H and O–H groups in total. The maximum Gasteiger partial charge on any atom is 0.326 e. The lowest BCUT2D eigenvalue weighted by Gasteiger charge is -2.37. The molecule has 0 saturated heterocycles. The third-order valence-corrected chi connectivity index (χ3v) is 11.1. The maximum absolute atomic E-state index is 14.0. The number of rotatable bonds is 11. The van der Waals surface area contributed by atoms with Crippen LogP contribution >= 0.6 is 23.2 Å². The van der Waals surface area contributed by atoms with Crippen LogP contribution in [-0.2, 0) is 35.6 Å². The van der Waals surface area contributed by atoms with E-state index in [0.717, 1.165) is 33.4 Å². The number of nitrogens with zero attached hydrogens (tertiary/aromatic N) is 2. The second-order valence-corrected chi connectivity index (χ2v) is 15.0. The van der Waals surface area contributed by atoms with Gasteiger partial charge in [-0.15, -0.1) is 0 Å². The molecule has 0 fully saturated rings. The predicted molar refractivity (Wildman–Crippen MR) is 218 cm³/mol. The first-order valence-corrected chi connectivity index (χ1v) is 19.5. The Balaban J connectivity index is 0.964. The first kappa shape index (κ1) is 39.1. The predicted octanol–water partition coefficient (Wildman–Crippen LogP) is 8.60. The number of carbonyl (C=O) groups is 3. The summed E-state index contributed by atoms with van der Waals surface area (Å²) in [6, 6.07) is 33.9. The summed E-state index contributed by atoms with van der Waals surface area (Å²) in [7, 11) is 0. The molecule has 0 bridgehead atoms. The van der Waals surface area contributed by atoms with Gasteiger partial charge in [-0.3, -0.25) is 9.59 Å². The zero-order chi connectivity index (χ0) is 41.0. The van der Waals surface area contributed by atoms with Crippen molar-refractivity contribution in [3.05, 3.63) is 171 Å². The molecule has 3 heterocycles. The Morgan fingerprint density at radius 3 is 2.25 bits per heavy atom. The van der Waals surface area contributed by atoms with E-state index in [2.05, 4.69) is 11.4 Å². The van der Waals surface area contributed by atoms with Crippen molar-refractivity contribution < 1.29 is 38.1 Å². The number of halogens is 2. The van der Waals surface area contributed by atoms with Crippen LogP contribution in [0.25, 0.3) is 11.1 Å². The molecule has 2 amide bonds. The molecule has 0 aliphatic carbocycles. The van der Waals surface area contributed by atoms with E-state index in [1.165, 1.54) is 17.2 Å². The lowest BCUT2D eigenvalue weighted by atomic mass is 9.91. The van der Waals surface area contributed by atoms with Crippen molar-refractivity contribution in [2.75, 3.05) is 6.61 Å². The Labute approximate surface area is 349 Å². The quantitative estimate of drug-likeness (QED) is 0.131. The van der Waals surface area contributed by atoms with Gasteiger partial charge < -0.3 is 34.0 Å². The van der Waals surface area contributed by atoms with Crippen molar-refractivity contribution in [1.29, 1.82) is 5.26 Å². The molecule has 5 aromatic carbocycles. The van der Waals surface area contributed by atoms with Crippen molar-refractivity contribution in [3.63, 3.8) is 0 Å². The minimum Gasteiger partial charge on any atom is -0.489 e. The van der Waals surface area contributed by atoms with Crippen LogP contribution in [0.4, 0.5) is 0 Å². The number of amides is 2. The minimum atomic E-state index is -1.27. The molecule has 8 rings (SSSR count). The van der Waals surface area contributed by atoms with Crippen molar-refractivity contribution in [2.45, 2.75) is 44.2 Å². The Morgan fingerprint density at radius 2 is 1.58 bits per heavy atom. The molecule has 0 radical (unpaired) electrons. The minimum absolute atomic E-state index is 0.0124. The molecule has 1 aromatic heterocycles. The number of fused-ring (bicyclic) bond motifs is 2. The molecule has 296 valence electrons. The molecule has 6 aromatic rings. The summed E-state index contributed by atoms with van der Waals surface area (Å²) in [4.78, 5) is 41.8. The van der Waals surface area contributed by atoms with Gasteiger partial charge in [-0.2, -0.15) is 5.26 Å². The highest BCUT2D eigenvalue weighted by atomic mass is 35.5. The highest BCUT2D eigenvalue weighted by Gasteiger charge is 2.39. The summed E-state index contributed by atoms with van der Waals surface area (Å²) in [6.45, 7) is 0.585. The number of carbonyl (C=O) groups excluding carboxylic acids is 2. The van der Waals surface area contributed by atoms with Gasteiger partial charge in [0.1, 0.15) is 31.0 Å². The van der Waals surface area contributed by atoms with Gasteiger partial charge in [0.2, 0.25) is 5.91 Å². The average molecular weight is 829 g/mol. The number of aliphatic carboxylic acids is 1. The second kappa shape index (κ2) is 17.0. The number of benzene rings is 5. The molecule has 2 aliphatic heterocycles. The number of nitrogens with one attached hydrogen (secondary N) is 1. The zero-order valence-corrected chi connectivity index (χ0v) is 32.8. The summed E-state index contributed by atoms with van der Waals surface area (Å²) < 4.78 is 24.0. The molecule has 0 saturated carbocycles. The highest BCUT2D eigenvalue weighted by Crippen LogP contribution is 2.41.